The van der Waals surface area contributed by atoms with E-state index in [4.69, 9.17) is 0 Å². The van der Waals surface area contributed by atoms with Gasteiger partial charge in [0.05, 0.1) is 0 Å². The summed E-state index contributed by atoms with van der Waals surface area (Å²) < 4.78 is 14.1. The number of aryl methyl sites for hydroxylation is 1. The van der Waals surface area contributed by atoms with Gasteiger partial charge in [-0.15, -0.1) is 0 Å². The van der Waals surface area contributed by atoms with Gasteiger partial charge in [0.25, 0.3) is 0 Å². The van der Waals surface area contributed by atoms with Gasteiger partial charge in [-0.05, 0) is 55.5 Å². The van der Waals surface area contributed by atoms with E-state index < -0.39 is 5.95 Å². The van der Waals surface area contributed by atoms with Gasteiger partial charge < -0.3 is 5.32 Å². The largest absolute Gasteiger partial charge is 0.311 e. The molecule has 0 aromatic carbocycles. The Bertz CT molecular complexity index is 685. The van der Waals surface area contributed by atoms with Gasteiger partial charge in [0.1, 0.15) is 0 Å². The van der Waals surface area contributed by atoms with Crippen LogP contribution in [0.2, 0.25) is 0 Å². The Morgan fingerprint density at radius 3 is 2.86 bits per heavy atom. The van der Waals surface area contributed by atoms with Gasteiger partial charge in [-0.25, -0.2) is 4.98 Å². The number of rotatable bonds is 2. The Morgan fingerprint density at radius 1 is 1.24 bits per heavy atom. The molecule has 4 heteroatoms. The molecule has 2 bridgehead atoms. The van der Waals surface area contributed by atoms with Crippen molar-refractivity contribution in [3.63, 3.8) is 0 Å². The third-order valence-electron chi connectivity index (χ3n) is 4.80. The minimum atomic E-state index is -0.402. The van der Waals surface area contributed by atoms with Crippen LogP contribution >= 0.6 is 0 Å². The number of fused-ring (bicyclic) bond motifs is 2. The van der Waals surface area contributed by atoms with Crippen LogP contribution in [0.25, 0.3) is 11.1 Å². The van der Waals surface area contributed by atoms with Crippen LogP contribution in [0.5, 0.6) is 0 Å². The van der Waals surface area contributed by atoms with E-state index in [0.717, 1.165) is 23.2 Å². The molecule has 0 amide bonds. The first-order valence-corrected chi connectivity index (χ1v) is 7.55. The van der Waals surface area contributed by atoms with Gasteiger partial charge in [-0.3, -0.25) is 4.98 Å². The molecule has 4 rings (SSSR count). The lowest BCUT2D eigenvalue weighted by atomic mass is 9.84. The highest BCUT2D eigenvalue weighted by Crippen LogP contribution is 2.40. The predicted molar refractivity (Wildman–Crippen MR) is 79.5 cm³/mol. The molecule has 3 unspecified atom stereocenters. The predicted octanol–water partition coefficient (Wildman–Crippen LogP) is 3.20. The van der Waals surface area contributed by atoms with Gasteiger partial charge in [-0.2, -0.15) is 4.39 Å². The maximum absolute atomic E-state index is 14.1. The Labute approximate surface area is 123 Å². The molecule has 2 aromatic rings. The van der Waals surface area contributed by atoms with E-state index in [2.05, 4.69) is 15.3 Å². The monoisotopic (exact) mass is 283 g/mol. The Morgan fingerprint density at radius 2 is 2.14 bits per heavy atom. The zero-order valence-electron chi connectivity index (χ0n) is 12.0. The van der Waals surface area contributed by atoms with Crippen molar-refractivity contribution in [2.24, 2.45) is 0 Å². The van der Waals surface area contributed by atoms with Crippen molar-refractivity contribution in [1.82, 2.24) is 15.3 Å². The second kappa shape index (κ2) is 4.88. The molecule has 2 fully saturated rings. The average molecular weight is 283 g/mol. The van der Waals surface area contributed by atoms with Crippen LogP contribution in [-0.2, 0) is 0 Å². The summed E-state index contributed by atoms with van der Waals surface area (Å²) in [7, 11) is 0. The van der Waals surface area contributed by atoms with E-state index in [1.54, 1.807) is 12.4 Å². The van der Waals surface area contributed by atoms with Crippen molar-refractivity contribution < 1.29 is 4.39 Å². The highest BCUT2D eigenvalue weighted by Gasteiger charge is 2.39. The number of halogens is 1. The Hall–Kier alpha value is -1.81. The fraction of sp³-hybridized carbons (Fsp3) is 0.412. The van der Waals surface area contributed by atoms with Gasteiger partial charge in [0.15, 0.2) is 0 Å². The topological polar surface area (TPSA) is 37.8 Å². The number of hydrogen-bond acceptors (Lipinski definition) is 3. The molecule has 3 atom stereocenters. The first-order valence-electron chi connectivity index (χ1n) is 7.55. The van der Waals surface area contributed by atoms with E-state index in [-0.39, 0.29) is 0 Å². The molecular weight excluding hydrogens is 265 g/mol. The summed E-state index contributed by atoms with van der Waals surface area (Å²) in [4.78, 5) is 8.17. The molecule has 3 nitrogen and oxygen atoms in total. The SMILES string of the molecule is Cc1cc(-c2cc(C3CC4CCC3N4)cnc2F)ccn1. The molecule has 108 valence electrons. The van der Waals surface area contributed by atoms with Crippen molar-refractivity contribution >= 4 is 0 Å². The molecule has 21 heavy (non-hydrogen) atoms. The molecule has 4 heterocycles. The third-order valence-corrected chi connectivity index (χ3v) is 4.80. The zero-order chi connectivity index (χ0) is 14.4. The van der Waals surface area contributed by atoms with Crippen LogP contribution in [-0.4, -0.2) is 22.1 Å². The van der Waals surface area contributed by atoms with Crippen molar-refractivity contribution in [3.8, 4) is 11.1 Å². The number of nitrogens with one attached hydrogen (secondary N) is 1. The van der Waals surface area contributed by atoms with E-state index in [9.17, 15) is 4.39 Å². The molecule has 2 aromatic heterocycles. The number of pyridine rings is 2. The Balaban J connectivity index is 1.73. The maximum Gasteiger partial charge on any atom is 0.220 e. The summed E-state index contributed by atoms with van der Waals surface area (Å²) in [6, 6.07) is 6.90. The first kappa shape index (κ1) is 12.9. The van der Waals surface area contributed by atoms with Crippen molar-refractivity contribution in [3.05, 3.63) is 47.8 Å². The van der Waals surface area contributed by atoms with Crippen LogP contribution in [0, 0.1) is 12.9 Å². The number of hydrogen-bond donors (Lipinski definition) is 1. The van der Waals surface area contributed by atoms with Crippen molar-refractivity contribution in [2.45, 2.75) is 44.2 Å². The molecule has 2 aliphatic heterocycles. The number of nitrogens with zero attached hydrogens (tertiary/aromatic N) is 2. The molecule has 2 aliphatic rings. The summed E-state index contributed by atoms with van der Waals surface area (Å²) in [5.74, 6) is 0.0685. The number of aromatic nitrogens is 2. The van der Waals surface area contributed by atoms with Crippen LogP contribution in [0.1, 0.15) is 36.4 Å². The summed E-state index contributed by atoms with van der Waals surface area (Å²) in [6.07, 6.45) is 7.06. The van der Waals surface area contributed by atoms with Crippen LogP contribution in [0.15, 0.2) is 30.6 Å². The maximum atomic E-state index is 14.1. The minimum absolute atomic E-state index is 0.402. The third kappa shape index (κ3) is 2.23. The van der Waals surface area contributed by atoms with Crippen molar-refractivity contribution in [2.75, 3.05) is 0 Å². The summed E-state index contributed by atoms with van der Waals surface area (Å²) >= 11 is 0. The fourth-order valence-corrected chi connectivity index (χ4v) is 3.78. The second-order valence-electron chi connectivity index (χ2n) is 6.18. The van der Waals surface area contributed by atoms with Crippen molar-refractivity contribution in [1.29, 1.82) is 0 Å². The van der Waals surface area contributed by atoms with Crippen LogP contribution in [0.4, 0.5) is 4.39 Å². The second-order valence-corrected chi connectivity index (χ2v) is 6.18. The van der Waals surface area contributed by atoms with E-state index in [1.165, 1.54) is 12.8 Å². The van der Waals surface area contributed by atoms with Gasteiger partial charge in [0, 0.05) is 41.7 Å². The lowest BCUT2D eigenvalue weighted by Gasteiger charge is -2.20. The summed E-state index contributed by atoms with van der Waals surface area (Å²) in [5.41, 5.74) is 3.48. The summed E-state index contributed by atoms with van der Waals surface area (Å²) in [6.45, 7) is 1.92. The Kier molecular flexibility index (Phi) is 3.00. The van der Waals surface area contributed by atoms with Gasteiger partial charge >= 0.3 is 0 Å². The minimum Gasteiger partial charge on any atom is -0.311 e. The molecular formula is C17H18FN3. The zero-order valence-corrected chi connectivity index (χ0v) is 12.0. The smallest absolute Gasteiger partial charge is 0.220 e. The lowest BCUT2D eigenvalue weighted by Crippen LogP contribution is -2.21. The first-order chi connectivity index (χ1) is 10.2. The van der Waals surface area contributed by atoms with E-state index in [0.29, 0.717) is 23.6 Å². The summed E-state index contributed by atoms with van der Waals surface area (Å²) in [5, 5.41) is 3.63. The molecule has 0 spiro atoms. The van der Waals surface area contributed by atoms with E-state index >= 15 is 0 Å². The lowest BCUT2D eigenvalue weighted by molar-refractivity contribution is 0.502. The molecule has 2 saturated heterocycles. The standard InChI is InChI=1S/C17H18FN3/c1-10-6-11(4-5-19-10)15-7-12(9-20-17(15)18)14-8-13-2-3-16(14)21-13/h4-7,9,13-14,16,21H,2-3,8H2,1H3. The normalized spacial score (nSPS) is 27.2. The van der Waals surface area contributed by atoms with E-state index in [1.807, 2.05) is 25.1 Å². The van der Waals surface area contributed by atoms with Gasteiger partial charge in [-0.1, -0.05) is 0 Å². The molecule has 0 saturated carbocycles. The highest BCUT2D eigenvalue weighted by molar-refractivity contribution is 5.64. The fourth-order valence-electron chi connectivity index (χ4n) is 3.78. The highest BCUT2D eigenvalue weighted by atomic mass is 19.1. The van der Waals surface area contributed by atoms with Crippen LogP contribution in [0.3, 0.4) is 0 Å². The molecule has 0 radical (unpaired) electrons. The van der Waals surface area contributed by atoms with Crippen LogP contribution < -0.4 is 5.32 Å². The average Bonchev–Trinajstić information content (AvgIpc) is 3.10. The van der Waals surface area contributed by atoms with Gasteiger partial charge in [0.2, 0.25) is 5.95 Å². The molecule has 0 aliphatic carbocycles. The quantitative estimate of drug-likeness (QED) is 0.860. The molecule has 1 N–H and O–H groups in total.